The van der Waals surface area contributed by atoms with Gasteiger partial charge in [-0.15, -0.1) is 0 Å². The molecule has 1 aliphatic rings. The Morgan fingerprint density at radius 1 is 1.00 bits per heavy atom. The lowest BCUT2D eigenvalue weighted by Crippen LogP contribution is -2.18. The summed E-state index contributed by atoms with van der Waals surface area (Å²) < 4.78 is 0. The number of carboxylic acids is 1. The summed E-state index contributed by atoms with van der Waals surface area (Å²) in [5.41, 5.74) is 0. The van der Waals surface area contributed by atoms with Crippen LogP contribution >= 0.6 is 0 Å². The number of carbonyl (C=O) groups is 2. The van der Waals surface area contributed by atoms with Gasteiger partial charge in [0, 0.05) is 12.8 Å². The zero-order chi connectivity index (χ0) is 17.8. The monoisotopic (exact) mass is 338 g/mol. The van der Waals surface area contributed by atoms with Gasteiger partial charge in [0.05, 0.1) is 6.10 Å². The van der Waals surface area contributed by atoms with Gasteiger partial charge in [0.2, 0.25) is 0 Å². The van der Waals surface area contributed by atoms with Crippen molar-refractivity contribution in [2.24, 2.45) is 11.8 Å². The molecule has 0 saturated heterocycles. The number of carbonyl (C=O) groups excluding carboxylic acids is 1. The molecule has 4 heteroatoms. The highest BCUT2D eigenvalue weighted by molar-refractivity contribution is 5.89. The summed E-state index contributed by atoms with van der Waals surface area (Å²) in [5.74, 6) is 0.0468. The van der Waals surface area contributed by atoms with Crippen LogP contribution < -0.4 is 0 Å². The highest BCUT2D eigenvalue weighted by atomic mass is 16.4. The molecule has 0 aromatic carbocycles. The number of aliphatic carboxylic acids is 1. The average Bonchev–Trinajstić information content (AvgIpc) is 2.89. The van der Waals surface area contributed by atoms with Crippen LogP contribution in [0.3, 0.4) is 0 Å². The number of unbranched alkanes of at least 4 members (excludes halogenated alkanes) is 5. The van der Waals surface area contributed by atoms with Crippen LogP contribution in [0.15, 0.2) is 12.2 Å². The molecule has 1 fully saturated rings. The van der Waals surface area contributed by atoms with Crippen LogP contribution in [-0.4, -0.2) is 28.1 Å². The molecule has 1 saturated carbocycles. The number of aliphatic hydroxyl groups excluding tert-OH is 1. The molecule has 138 valence electrons. The Labute approximate surface area is 146 Å². The maximum atomic E-state index is 11.9. The molecule has 0 aromatic heterocycles. The van der Waals surface area contributed by atoms with Gasteiger partial charge in [0.1, 0.15) is 0 Å². The average molecular weight is 338 g/mol. The number of allylic oxidation sites excluding steroid dienone is 2. The molecule has 0 radical (unpaired) electrons. The summed E-state index contributed by atoms with van der Waals surface area (Å²) in [6, 6.07) is 0. The van der Waals surface area contributed by atoms with E-state index < -0.39 is 5.97 Å². The fraction of sp³-hybridized carbons (Fsp3) is 0.800. The van der Waals surface area contributed by atoms with Gasteiger partial charge in [-0.3, -0.25) is 9.59 Å². The van der Waals surface area contributed by atoms with Crippen LogP contribution in [0.5, 0.6) is 0 Å². The molecule has 0 aromatic rings. The molecule has 0 spiro atoms. The van der Waals surface area contributed by atoms with Gasteiger partial charge in [-0.25, -0.2) is 0 Å². The highest BCUT2D eigenvalue weighted by Crippen LogP contribution is 2.36. The zero-order valence-corrected chi connectivity index (χ0v) is 15.1. The second-order valence-electron chi connectivity index (χ2n) is 7.10. The first-order chi connectivity index (χ1) is 11.5. The van der Waals surface area contributed by atoms with E-state index in [1.807, 2.05) is 6.08 Å². The molecule has 3 atom stereocenters. The molecule has 1 unspecified atom stereocenters. The molecule has 0 bridgehead atoms. The number of carboxylic acid groups (broad SMARTS) is 1. The lowest BCUT2D eigenvalue weighted by atomic mass is 9.88. The van der Waals surface area contributed by atoms with Crippen molar-refractivity contribution in [1.29, 1.82) is 0 Å². The van der Waals surface area contributed by atoms with Crippen molar-refractivity contribution in [3.05, 3.63) is 12.2 Å². The molecule has 1 aliphatic carbocycles. The third-order valence-electron chi connectivity index (χ3n) is 5.07. The Morgan fingerprint density at radius 2 is 1.71 bits per heavy atom. The van der Waals surface area contributed by atoms with E-state index >= 15 is 0 Å². The molecule has 0 aliphatic heterocycles. The number of rotatable bonds is 13. The second-order valence-corrected chi connectivity index (χ2v) is 7.10. The van der Waals surface area contributed by atoms with E-state index in [4.69, 9.17) is 5.11 Å². The first kappa shape index (κ1) is 20.9. The molecule has 24 heavy (non-hydrogen) atoms. The lowest BCUT2D eigenvalue weighted by molar-refractivity contribution is -0.137. The minimum Gasteiger partial charge on any atom is -0.481 e. The fourth-order valence-electron chi connectivity index (χ4n) is 3.60. The maximum Gasteiger partial charge on any atom is 0.303 e. The molecule has 1 rings (SSSR count). The van der Waals surface area contributed by atoms with Crippen molar-refractivity contribution in [3.63, 3.8) is 0 Å². The predicted molar refractivity (Wildman–Crippen MR) is 95.8 cm³/mol. The Hall–Kier alpha value is -1.16. The van der Waals surface area contributed by atoms with Gasteiger partial charge < -0.3 is 10.2 Å². The van der Waals surface area contributed by atoms with Gasteiger partial charge >= 0.3 is 5.97 Å². The van der Waals surface area contributed by atoms with Crippen LogP contribution in [-0.2, 0) is 9.59 Å². The number of hydrogen-bond acceptors (Lipinski definition) is 3. The van der Waals surface area contributed by atoms with E-state index in [1.165, 1.54) is 0 Å². The fourth-order valence-corrected chi connectivity index (χ4v) is 3.60. The minimum atomic E-state index is -0.727. The van der Waals surface area contributed by atoms with Crippen molar-refractivity contribution in [1.82, 2.24) is 0 Å². The summed E-state index contributed by atoms with van der Waals surface area (Å²) in [6.45, 7) is 2.13. The quantitative estimate of drug-likeness (QED) is 0.383. The van der Waals surface area contributed by atoms with Gasteiger partial charge in [-0.1, -0.05) is 45.1 Å². The number of aliphatic hydroxyl groups is 1. The van der Waals surface area contributed by atoms with Crippen LogP contribution in [0.2, 0.25) is 0 Å². The summed E-state index contributed by atoms with van der Waals surface area (Å²) in [7, 11) is 0. The van der Waals surface area contributed by atoms with E-state index in [2.05, 4.69) is 6.92 Å². The van der Waals surface area contributed by atoms with E-state index in [0.29, 0.717) is 12.3 Å². The SMILES string of the molecule is CCCCCC(=O)C=C[C@H]1CCC(O)[C@@H]1CCCCCCC(=O)O. The van der Waals surface area contributed by atoms with Crippen molar-refractivity contribution in [2.75, 3.05) is 0 Å². The van der Waals surface area contributed by atoms with E-state index in [-0.39, 0.29) is 24.2 Å². The first-order valence-electron chi connectivity index (χ1n) is 9.65. The normalized spacial score (nSPS) is 23.8. The van der Waals surface area contributed by atoms with Crippen molar-refractivity contribution in [2.45, 2.75) is 90.1 Å². The third-order valence-corrected chi connectivity index (χ3v) is 5.07. The van der Waals surface area contributed by atoms with Crippen LogP contribution in [0, 0.1) is 11.8 Å². The van der Waals surface area contributed by atoms with Gasteiger partial charge in [-0.2, -0.15) is 0 Å². The van der Waals surface area contributed by atoms with Gasteiger partial charge in [0.25, 0.3) is 0 Å². The molecule has 0 heterocycles. The smallest absolute Gasteiger partial charge is 0.303 e. The van der Waals surface area contributed by atoms with Crippen molar-refractivity contribution in [3.8, 4) is 0 Å². The Morgan fingerprint density at radius 3 is 2.42 bits per heavy atom. The van der Waals surface area contributed by atoms with Crippen LogP contribution in [0.1, 0.15) is 84.0 Å². The topological polar surface area (TPSA) is 74.6 Å². The maximum absolute atomic E-state index is 11.9. The van der Waals surface area contributed by atoms with Crippen molar-refractivity contribution < 1.29 is 19.8 Å². The molecular formula is C20H34O4. The van der Waals surface area contributed by atoms with Crippen LogP contribution in [0.4, 0.5) is 0 Å². The second kappa shape index (κ2) is 12.2. The minimum absolute atomic E-state index is 0.206. The lowest BCUT2D eigenvalue weighted by Gasteiger charge is -2.19. The van der Waals surface area contributed by atoms with Gasteiger partial charge in [-0.05, 0) is 50.0 Å². The van der Waals surface area contributed by atoms with Crippen molar-refractivity contribution >= 4 is 11.8 Å². The third kappa shape index (κ3) is 8.62. The zero-order valence-electron chi connectivity index (χ0n) is 15.1. The van der Waals surface area contributed by atoms with Crippen LogP contribution in [0.25, 0.3) is 0 Å². The Bertz CT molecular complexity index is 402. The molecule has 4 nitrogen and oxygen atoms in total. The van der Waals surface area contributed by atoms with E-state index in [1.54, 1.807) is 6.08 Å². The largest absolute Gasteiger partial charge is 0.481 e. The highest BCUT2D eigenvalue weighted by Gasteiger charge is 2.32. The summed E-state index contributed by atoms with van der Waals surface area (Å²) >= 11 is 0. The summed E-state index contributed by atoms with van der Waals surface area (Å²) in [6.07, 6.45) is 14.0. The van der Waals surface area contributed by atoms with E-state index in [0.717, 1.165) is 64.2 Å². The standard InChI is InChI=1S/C20H34O4/c1-2-3-6-9-17(21)14-12-16-13-15-19(22)18(16)10-7-4-5-8-11-20(23)24/h12,14,16,18-19,22H,2-11,13,15H2,1H3,(H,23,24)/t16-,18+,19?/m0/s1. The van der Waals surface area contributed by atoms with Gasteiger partial charge in [0.15, 0.2) is 5.78 Å². The molecule has 0 amide bonds. The molecular weight excluding hydrogens is 304 g/mol. The molecule has 2 N–H and O–H groups in total. The Balaban J connectivity index is 2.28. The number of ketones is 1. The summed E-state index contributed by atoms with van der Waals surface area (Å²) in [5, 5.41) is 18.8. The number of hydrogen-bond donors (Lipinski definition) is 2. The van der Waals surface area contributed by atoms with E-state index in [9.17, 15) is 14.7 Å². The first-order valence-corrected chi connectivity index (χ1v) is 9.65. The predicted octanol–water partition coefficient (Wildman–Crippen LogP) is 4.50. The Kier molecular flexibility index (Phi) is 10.6. The summed E-state index contributed by atoms with van der Waals surface area (Å²) in [4.78, 5) is 22.3.